The number of hydrogen-bond donors (Lipinski definition) is 5. The van der Waals surface area contributed by atoms with Crippen molar-refractivity contribution in [2.45, 2.75) is 134 Å². The monoisotopic (exact) mass is 536 g/mol. The van der Waals surface area contributed by atoms with E-state index in [9.17, 15) is 30.0 Å². The molecular weight excluding hydrogens is 488 g/mol. The molecule has 0 aromatic heterocycles. The van der Waals surface area contributed by atoms with Gasteiger partial charge in [-0.05, 0) is 12.8 Å². The van der Waals surface area contributed by atoms with Crippen LogP contribution in [0.1, 0.15) is 90.9 Å². The maximum Gasteiger partial charge on any atom is 0.306 e. The first kappa shape index (κ1) is 33.7. The molecule has 11 heteroatoms. The van der Waals surface area contributed by atoms with Gasteiger partial charge in [-0.25, -0.2) is 0 Å². The summed E-state index contributed by atoms with van der Waals surface area (Å²) in [5.41, 5.74) is 0. The van der Waals surface area contributed by atoms with Gasteiger partial charge < -0.3 is 44.5 Å². The van der Waals surface area contributed by atoms with Crippen molar-refractivity contribution in [3.63, 3.8) is 0 Å². The van der Waals surface area contributed by atoms with Gasteiger partial charge in [0.15, 0.2) is 18.5 Å². The number of ether oxygens (including phenoxy) is 4. The van der Waals surface area contributed by atoms with Crippen LogP contribution in [-0.2, 0) is 28.5 Å². The highest BCUT2D eigenvalue weighted by Gasteiger charge is 2.50. The fourth-order valence-electron chi connectivity index (χ4n) is 4.03. The Kier molecular flexibility index (Phi) is 17.9. The first-order valence-electron chi connectivity index (χ1n) is 13.7. The molecule has 0 radical (unpaired) electrons. The predicted octanol–water partition coefficient (Wildman–Crippen LogP) is 1.34. The molecule has 0 aliphatic carbocycles. The zero-order valence-corrected chi connectivity index (χ0v) is 22.3. The highest BCUT2D eigenvalue weighted by molar-refractivity contribution is 5.70. The zero-order chi connectivity index (χ0) is 27.6. The summed E-state index contributed by atoms with van der Waals surface area (Å²) in [5, 5.41) is 49.1. The number of aliphatic hydroxyl groups is 5. The molecule has 11 nitrogen and oxygen atoms in total. The molecule has 0 amide bonds. The summed E-state index contributed by atoms with van der Waals surface area (Å²) < 4.78 is 22.2. The van der Waals surface area contributed by atoms with E-state index >= 15 is 0 Å². The van der Waals surface area contributed by atoms with Gasteiger partial charge in [0.05, 0.1) is 19.8 Å². The molecule has 1 saturated heterocycles. The van der Waals surface area contributed by atoms with Crippen LogP contribution in [0.3, 0.4) is 0 Å². The lowest BCUT2D eigenvalue weighted by Gasteiger charge is -2.43. The average molecular weight is 537 g/mol. The minimum Gasteiger partial charge on any atom is -0.455 e. The van der Waals surface area contributed by atoms with Crippen molar-refractivity contribution in [1.29, 1.82) is 0 Å². The van der Waals surface area contributed by atoms with Gasteiger partial charge in [0.2, 0.25) is 0 Å². The van der Waals surface area contributed by atoms with Gasteiger partial charge in [-0.1, -0.05) is 65.2 Å². The van der Waals surface area contributed by atoms with E-state index in [-0.39, 0.29) is 12.8 Å². The lowest BCUT2D eigenvalue weighted by atomic mass is 9.98. The maximum absolute atomic E-state index is 12.6. The summed E-state index contributed by atoms with van der Waals surface area (Å²) in [5.74, 6) is -1.18. The van der Waals surface area contributed by atoms with E-state index in [1.54, 1.807) is 0 Å². The van der Waals surface area contributed by atoms with Crippen LogP contribution in [0.5, 0.6) is 0 Å². The van der Waals surface area contributed by atoms with Crippen molar-refractivity contribution < 1.29 is 54.1 Å². The second-order valence-corrected chi connectivity index (χ2v) is 9.60. The van der Waals surface area contributed by atoms with Crippen molar-refractivity contribution in [1.82, 2.24) is 0 Å². The Morgan fingerprint density at radius 1 is 0.784 bits per heavy atom. The molecule has 0 bridgehead atoms. The van der Waals surface area contributed by atoms with Crippen molar-refractivity contribution in [2.24, 2.45) is 0 Å². The lowest BCUT2D eigenvalue weighted by Crippen LogP contribution is -2.62. The van der Waals surface area contributed by atoms with Gasteiger partial charge in [-0.15, -0.1) is 0 Å². The SMILES string of the molecule is CCCCCCCC(=O)O[C@@H]1[C@H](OC[C@@H](O)[C@@H](O)CO)O[C@H](CO)[C@@H](O)[C@@H]1OC(=O)CCCCCCC. The van der Waals surface area contributed by atoms with Crippen LogP contribution in [0.25, 0.3) is 0 Å². The Bertz CT molecular complexity index is 617. The molecule has 1 fully saturated rings. The van der Waals surface area contributed by atoms with Gasteiger partial charge >= 0.3 is 11.9 Å². The van der Waals surface area contributed by atoms with Crippen LogP contribution in [-0.4, -0.2) is 100 Å². The molecule has 218 valence electrons. The van der Waals surface area contributed by atoms with Crippen LogP contribution < -0.4 is 0 Å². The number of unbranched alkanes of at least 4 members (excludes halogenated alkanes) is 8. The number of hydrogen-bond acceptors (Lipinski definition) is 11. The molecule has 0 aromatic rings. The van der Waals surface area contributed by atoms with E-state index in [2.05, 4.69) is 13.8 Å². The maximum atomic E-state index is 12.6. The Balaban J connectivity index is 2.94. The van der Waals surface area contributed by atoms with E-state index in [0.717, 1.165) is 51.4 Å². The second kappa shape index (κ2) is 19.7. The van der Waals surface area contributed by atoms with E-state index in [0.29, 0.717) is 12.8 Å². The molecule has 0 unspecified atom stereocenters. The quantitative estimate of drug-likeness (QED) is 0.112. The van der Waals surface area contributed by atoms with Crippen molar-refractivity contribution in [3.8, 4) is 0 Å². The average Bonchev–Trinajstić information content (AvgIpc) is 2.89. The summed E-state index contributed by atoms with van der Waals surface area (Å²) in [6, 6.07) is 0. The van der Waals surface area contributed by atoms with Gasteiger partial charge in [-0.2, -0.15) is 0 Å². The summed E-state index contributed by atoms with van der Waals surface area (Å²) in [4.78, 5) is 25.2. The van der Waals surface area contributed by atoms with Gasteiger partial charge in [-0.3, -0.25) is 9.59 Å². The van der Waals surface area contributed by atoms with E-state index in [4.69, 9.17) is 24.1 Å². The minimum atomic E-state index is -1.50. The topological polar surface area (TPSA) is 172 Å². The number of carbonyl (C=O) groups is 2. The first-order valence-corrected chi connectivity index (χ1v) is 13.7. The third-order valence-electron chi connectivity index (χ3n) is 6.36. The smallest absolute Gasteiger partial charge is 0.306 e. The fourth-order valence-corrected chi connectivity index (χ4v) is 4.03. The minimum absolute atomic E-state index is 0.108. The number of carbonyl (C=O) groups excluding carboxylic acids is 2. The van der Waals surface area contributed by atoms with Crippen LogP contribution >= 0.6 is 0 Å². The third kappa shape index (κ3) is 12.8. The molecule has 1 aliphatic heterocycles. The van der Waals surface area contributed by atoms with Crippen LogP contribution in [0, 0.1) is 0 Å². The second-order valence-electron chi connectivity index (χ2n) is 9.60. The Labute approximate surface area is 220 Å². The molecule has 0 aromatic carbocycles. The molecule has 7 atom stereocenters. The van der Waals surface area contributed by atoms with Gasteiger partial charge in [0.1, 0.15) is 24.4 Å². The number of aliphatic hydroxyl groups excluding tert-OH is 5. The zero-order valence-electron chi connectivity index (χ0n) is 22.3. The summed E-state index contributed by atoms with van der Waals surface area (Å²) >= 11 is 0. The molecule has 1 rings (SSSR count). The summed E-state index contributed by atoms with van der Waals surface area (Å²) in [7, 11) is 0. The highest BCUT2D eigenvalue weighted by atomic mass is 16.7. The number of rotatable bonds is 20. The molecule has 0 saturated carbocycles. The Morgan fingerprint density at radius 2 is 1.30 bits per heavy atom. The standard InChI is InChI=1S/C26H48O11/c1-3-5-7-9-11-13-21(31)36-24-23(33)20(16-28)35-26(34-17-19(30)18(29)15-27)25(24)37-22(32)14-12-10-8-6-4-2/h18-20,23-30,33H,3-17H2,1-2H3/t18-,19+,20+,23+,24-,25-,26+/m0/s1. The fraction of sp³-hybridized carbons (Fsp3) is 0.923. The molecule has 1 heterocycles. The van der Waals surface area contributed by atoms with Gasteiger partial charge in [0.25, 0.3) is 0 Å². The van der Waals surface area contributed by atoms with Crippen molar-refractivity contribution in [3.05, 3.63) is 0 Å². The summed E-state index contributed by atoms with van der Waals surface area (Å²) in [6.07, 6.45) is -0.445. The first-order chi connectivity index (χ1) is 17.8. The largest absolute Gasteiger partial charge is 0.455 e. The van der Waals surface area contributed by atoms with Crippen LogP contribution in [0.2, 0.25) is 0 Å². The Hall–Kier alpha value is -1.34. The van der Waals surface area contributed by atoms with Crippen LogP contribution in [0.15, 0.2) is 0 Å². The Morgan fingerprint density at radius 3 is 1.78 bits per heavy atom. The predicted molar refractivity (Wildman–Crippen MR) is 133 cm³/mol. The number of esters is 2. The molecular formula is C26H48O11. The molecule has 5 N–H and O–H groups in total. The van der Waals surface area contributed by atoms with Gasteiger partial charge in [0, 0.05) is 12.8 Å². The van der Waals surface area contributed by atoms with Crippen LogP contribution in [0.4, 0.5) is 0 Å². The normalized spacial score (nSPS) is 25.4. The van der Waals surface area contributed by atoms with Crippen molar-refractivity contribution >= 4 is 11.9 Å². The van der Waals surface area contributed by atoms with E-state index in [1.165, 1.54) is 0 Å². The van der Waals surface area contributed by atoms with Crippen molar-refractivity contribution in [2.75, 3.05) is 19.8 Å². The molecule has 37 heavy (non-hydrogen) atoms. The molecule has 1 aliphatic rings. The highest BCUT2D eigenvalue weighted by Crippen LogP contribution is 2.28. The summed E-state index contributed by atoms with van der Waals surface area (Å²) in [6.45, 7) is 2.33. The lowest BCUT2D eigenvalue weighted by molar-refractivity contribution is -0.311. The van der Waals surface area contributed by atoms with E-state index < -0.39 is 74.7 Å². The molecule has 0 spiro atoms. The van der Waals surface area contributed by atoms with E-state index in [1.807, 2.05) is 0 Å². The third-order valence-corrected chi connectivity index (χ3v) is 6.36.